The maximum absolute atomic E-state index is 13.0. The van der Waals surface area contributed by atoms with Gasteiger partial charge in [0.15, 0.2) is 6.29 Å². The van der Waals surface area contributed by atoms with E-state index in [1.165, 1.54) is 96.3 Å². The molecule has 9 heteroatoms. The molecule has 1 aliphatic rings. The molecule has 0 spiro atoms. The van der Waals surface area contributed by atoms with Crippen LogP contribution < -0.4 is 5.32 Å². The highest BCUT2D eigenvalue weighted by atomic mass is 16.7. The second-order valence-electron chi connectivity index (χ2n) is 18.6. The third kappa shape index (κ3) is 37.0. The van der Waals surface area contributed by atoms with Gasteiger partial charge in [-0.15, -0.1) is 0 Å². The fraction of sp³-hybridized carbons (Fsp3) is 0.712. The van der Waals surface area contributed by atoms with Crippen LogP contribution in [0.15, 0.2) is 97.2 Å². The molecule has 7 atom stereocenters. The van der Waals surface area contributed by atoms with Crippen LogP contribution in [0.2, 0.25) is 0 Å². The topological polar surface area (TPSA) is 149 Å². The molecule has 0 saturated carbocycles. The molecule has 0 aromatic carbocycles. The second-order valence-corrected chi connectivity index (χ2v) is 18.6. The van der Waals surface area contributed by atoms with Crippen LogP contribution in [0.5, 0.6) is 0 Å². The van der Waals surface area contributed by atoms with Crippen LogP contribution >= 0.6 is 0 Å². The summed E-state index contributed by atoms with van der Waals surface area (Å²) >= 11 is 0. The van der Waals surface area contributed by atoms with Crippen molar-refractivity contribution in [3.8, 4) is 0 Å². The van der Waals surface area contributed by atoms with Crippen LogP contribution in [-0.4, -0.2) is 87.5 Å². The van der Waals surface area contributed by atoms with Crippen LogP contribution in [-0.2, 0) is 14.3 Å². The largest absolute Gasteiger partial charge is 0.394 e. The molecule has 1 aliphatic heterocycles. The molecule has 1 amide bonds. The predicted octanol–water partition coefficient (Wildman–Crippen LogP) is 13.2. The predicted molar refractivity (Wildman–Crippen MR) is 285 cm³/mol. The van der Waals surface area contributed by atoms with Crippen molar-refractivity contribution in [3.63, 3.8) is 0 Å². The lowest BCUT2D eigenvalue weighted by atomic mass is 9.99. The van der Waals surface area contributed by atoms with Gasteiger partial charge in [-0.1, -0.05) is 214 Å². The normalized spacial score (nSPS) is 20.4. The number of carbonyl (C=O) groups is 1. The highest BCUT2D eigenvalue weighted by Crippen LogP contribution is 2.23. The van der Waals surface area contributed by atoms with Crippen molar-refractivity contribution in [1.29, 1.82) is 0 Å². The molecule has 390 valence electrons. The minimum Gasteiger partial charge on any atom is -0.394 e. The fourth-order valence-corrected chi connectivity index (χ4v) is 8.04. The van der Waals surface area contributed by atoms with Crippen LogP contribution in [0.3, 0.4) is 0 Å². The molecule has 68 heavy (non-hydrogen) atoms. The molecule has 0 aromatic heterocycles. The first-order valence-electron chi connectivity index (χ1n) is 27.5. The number of nitrogens with one attached hydrogen (secondary N) is 1. The van der Waals surface area contributed by atoms with E-state index in [2.05, 4.69) is 104 Å². The molecule has 1 saturated heterocycles. The molecule has 0 radical (unpaired) electrons. The molecule has 1 heterocycles. The number of carbonyl (C=O) groups excluding carboxylic acids is 1. The van der Waals surface area contributed by atoms with Gasteiger partial charge in [-0.3, -0.25) is 4.79 Å². The fourth-order valence-electron chi connectivity index (χ4n) is 8.04. The van der Waals surface area contributed by atoms with Gasteiger partial charge in [0.2, 0.25) is 5.91 Å². The third-order valence-corrected chi connectivity index (χ3v) is 12.4. The lowest BCUT2D eigenvalue weighted by Gasteiger charge is -2.40. The first kappa shape index (κ1) is 63.1. The van der Waals surface area contributed by atoms with E-state index in [4.69, 9.17) is 9.47 Å². The Morgan fingerprint density at radius 3 is 1.41 bits per heavy atom. The van der Waals surface area contributed by atoms with E-state index in [1.54, 1.807) is 6.08 Å². The maximum atomic E-state index is 13.0. The van der Waals surface area contributed by atoms with E-state index in [1.807, 2.05) is 6.08 Å². The SMILES string of the molecule is CC/C=C\C/C=C\C/C=C\C/C=C\C/C=C\CCCCCCCCCCCCCC(=O)NC(COC1OC(CO)C(O)C(O)C1O)C(O)/C=C/CC/C=C/CC/C=C/CCCCCCCCCC. The van der Waals surface area contributed by atoms with Crippen molar-refractivity contribution in [1.82, 2.24) is 5.32 Å². The Kier molecular flexibility index (Phi) is 44.3. The molecule has 7 unspecified atom stereocenters. The summed E-state index contributed by atoms with van der Waals surface area (Å²) in [5, 5.41) is 54.4. The molecule has 6 N–H and O–H groups in total. The van der Waals surface area contributed by atoms with Crippen molar-refractivity contribution in [2.24, 2.45) is 0 Å². The lowest BCUT2D eigenvalue weighted by molar-refractivity contribution is -0.302. The summed E-state index contributed by atoms with van der Waals surface area (Å²) < 4.78 is 11.2. The zero-order valence-electron chi connectivity index (χ0n) is 43.1. The zero-order valence-corrected chi connectivity index (χ0v) is 43.1. The number of ether oxygens (including phenoxy) is 2. The monoisotopic (exact) mass is 952 g/mol. The zero-order chi connectivity index (χ0) is 49.4. The Hall–Kier alpha value is -2.89. The third-order valence-electron chi connectivity index (χ3n) is 12.4. The van der Waals surface area contributed by atoms with Gasteiger partial charge in [0.25, 0.3) is 0 Å². The molecule has 1 rings (SSSR count). The van der Waals surface area contributed by atoms with Crippen LogP contribution in [0.1, 0.15) is 213 Å². The number of hydrogen-bond acceptors (Lipinski definition) is 8. The summed E-state index contributed by atoms with van der Waals surface area (Å²) in [4.78, 5) is 13.0. The summed E-state index contributed by atoms with van der Waals surface area (Å²) in [6, 6.07) is -0.836. The second kappa shape index (κ2) is 47.8. The van der Waals surface area contributed by atoms with Gasteiger partial charge in [-0.05, 0) is 89.9 Å². The Balaban J connectivity index is 2.28. The molecule has 1 fully saturated rings. The van der Waals surface area contributed by atoms with Gasteiger partial charge in [0, 0.05) is 6.42 Å². The van der Waals surface area contributed by atoms with E-state index in [0.717, 1.165) is 96.3 Å². The maximum Gasteiger partial charge on any atom is 0.220 e. The number of amides is 1. The number of allylic oxidation sites excluding steroid dienone is 15. The molecule has 0 aromatic rings. The molecular formula is C59H101NO8. The van der Waals surface area contributed by atoms with Crippen molar-refractivity contribution in [3.05, 3.63) is 97.2 Å². The Morgan fingerprint density at radius 2 is 0.926 bits per heavy atom. The van der Waals surface area contributed by atoms with Crippen molar-refractivity contribution >= 4 is 5.91 Å². The van der Waals surface area contributed by atoms with E-state index < -0.39 is 49.5 Å². The minimum atomic E-state index is -1.58. The Labute approximate surface area is 415 Å². The molecule has 0 aliphatic carbocycles. The Bertz CT molecular complexity index is 1380. The number of unbranched alkanes of at least 4 members (excludes halogenated alkanes) is 21. The number of rotatable bonds is 45. The smallest absolute Gasteiger partial charge is 0.220 e. The van der Waals surface area contributed by atoms with Crippen molar-refractivity contribution in [2.45, 2.75) is 256 Å². The van der Waals surface area contributed by atoms with Crippen molar-refractivity contribution < 1.29 is 39.8 Å². The van der Waals surface area contributed by atoms with Crippen molar-refractivity contribution in [2.75, 3.05) is 13.2 Å². The van der Waals surface area contributed by atoms with Crippen LogP contribution in [0.4, 0.5) is 0 Å². The summed E-state index contributed by atoms with van der Waals surface area (Å²) in [7, 11) is 0. The first-order valence-corrected chi connectivity index (χ1v) is 27.5. The van der Waals surface area contributed by atoms with Gasteiger partial charge in [-0.2, -0.15) is 0 Å². The standard InChI is InChI=1S/C59H101NO8/c1-3-5-7-9-11-13-15-17-19-21-23-24-25-26-27-28-29-30-31-33-35-37-39-41-43-45-47-49-55(63)60-52(51-67-59-58(66)57(65)56(64)54(50-61)68-59)53(62)48-46-44-42-40-38-36-34-32-22-20-18-16-14-12-10-8-6-4-2/h5,7,11,13,17,19,22-24,26-27,32,38,40,46,48,52-54,56-59,61-62,64-66H,3-4,6,8-10,12,14-16,18,20-21,25,28-31,33-37,39,41-45,47,49-51H2,1-2H3,(H,60,63)/b7-5-,13-11-,19-17-,24-23-,27-26-,32-22+,40-38+,48-46+. The van der Waals surface area contributed by atoms with E-state index >= 15 is 0 Å². The quantitative estimate of drug-likeness (QED) is 0.0261. The Morgan fingerprint density at radius 1 is 0.515 bits per heavy atom. The van der Waals surface area contributed by atoms with E-state index in [0.29, 0.717) is 6.42 Å². The van der Waals surface area contributed by atoms with Gasteiger partial charge in [-0.25, -0.2) is 0 Å². The lowest BCUT2D eigenvalue weighted by Crippen LogP contribution is -2.60. The minimum absolute atomic E-state index is 0.198. The van der Waals surface area contributed by atoms with Gasteiger partial charge < -0.3 is 40.3 Å². The van der Waals surface area contributed by atoms with Gasteiger partial charge in [0.1, 0.15) is 24.4 Å². The summed E-state index contributed by atoms with van der Waals surface area (Å²) in [5.74, 6) is -0.198. The van der Waals surface area contributed by atoms with Gasteiger partial charge >= 0.3 is 0 Å². The summed E-state index contributed by atoms with van der Waals surface area (Å²) in [6.45, 7) is 3.63. The van der Waals surface area contributed by atoms with E-state index in [9.17, 15) is 30.3 Å². The van der Waals surface area contributed by atoms with E-state index in [-0.39, 0.29) is 12.5 Å². The highest BCUT2D eigenvalue weighted by Gasteiger charge is 2.44. The average molecular weight is 952 g/mol. The molecular weight excluding hydrogens is 851 g/mol. The summed E-state index contributed by atoms with van der Waals surface area (Å²) in [6.07, 6.45) is 61.7. The number of aliphatic hydroxyl groups excluding tert-OH is 5. The van der Waals surface area contributed by atoms with Crippen LogP contribution in [0, 0.1) is 0 Å². The average Bonchev–Trinajstić information content (AvgIpc) is 3.34. The molecule has 0 bridgehead atoms. The van der Waals surface area contributed by atoms with Gasteiger partial charge in [0.05, 0.1) is 25.4 Å². The van der Waals surface area contributed by atoms with Crippen LogP contribution in [0.25, 0.3) is 0 Å². The highest BCUT2D eigenvalue weighted by molar-refractivity contribution is 5.76. The summed E-state index contributed by atoms with van der Waals surface area (Å²) in [5.41, 5.74) is 0. The number of aliphatic hydroxyl groups is 5. The first-order chi connectivity index (χ1) is 33.3. The molecule has 9 nitrogen and oxygen atoms in total. The number of hydrogen-bond donors (Lipinski definition) is 6.